The van der Waals surface area contributed by atoms with Gasteiger partial charge in [0.2, 0.25) is 0 Å². The number of nitrogens with one attached hydrogen (secondary N) is 1. The number of hydrogen-bond donors (Lipinski definition) is 3. The second-order valence-electron chi connectivity index (χ2n) is 5.36. The van der Waals surface area contributed by atoms with E-state index in [1.807, 2.05) is 30.3 Å². The maximum Gasteiger partial charge on any atom is 0.322 e. The van der Waals surface area contributed by atoms with E-state index >= 15 is 0 Å². The van der Waals surface area contributed by atoms with E-state index in [1.54, 1.807) is 0 Å². The van der Waals surface area contributed by atoms with Crippen LogP contribution in [0.25, 0.3) is 0 Å². The van der Waals surface area contributed by atoms with E-state index in [0.29, 0.717) is 19.6 Å². The number of halogens is 1. The molecule has 22 heavy (non-hydrogen) atoms. The van der Waals surface area contributed by atoms with Crippen molar-refractivity contribution < 1.29 is 24.5 Å². The van der Waals surface area contributed by atoms with Gasteiger partial charge in [0.1, 0.15) is 6.04 Å². The van der Waals surface area contributed by atoms with Gasteiger partial charge in [-0.1, -0.05) is 30.3 Å². The third kappa shape index (κ3) is 3.97. The lowest BCUT2D eigenvalue weighted by Crippen LogP contribution is -2.34. The van der Waals surface area contributed by atoms with Crippen LogP contribution in [-0.2, 0) is 20.9 Å². The van der Waals surface area contributed by atoms with Gasteiger partial charge in [0.25, 0.3) is 0 Å². The summed E-state index contributed by atoms with van der Waals surface area (Å²) >= 11 is 5.42. The predicted molar refractivity (Wildman–Crippen MR) is 79.2 cm³/mol. The molecule has 0 spiro atoms. The Morgan fingerprint density at radius 3 is 2.50 bits per heavy atom. The Morgan fingerprint density at radius 1 is 1.27 bits per heavy atom. The summed E-state index contributed by atoms with van der Waals surface area (Å²) in [4.78, 5) is 24.4. The number of carbonyl (C=O) groups is 2. The summed E-state index contributed by atoms with van der Waals surface area (Å²) in [5.74, 6) is -3.56. The van der Waals surface area contributed by atoms with Gasteiger partial charge >= 0.3 is 11.9 Å². The number of carboxylic acid groups (broad SMARTS) is 2. The quantitative estimate of drug-likeness (QED) is 0.472. The largest absolute Gasteiger partial charge is 0.481 e. The summed E-state index contributed by atoms with van der Waals surface area (Å²) in [6.07, 6.45) is 0.497. The lowest BCUT2D eigenvalue weighted by atomic mass is 10.1. The third-order valence-corrected chi connectivity index (χ3v) is 4.23. The van der Waals surface area contributed by atoms with Gasteiger partial charge < -0.3 is 14.9 Å². The van der Waals surface area contributed by atoms with Crippen LogP contribution >= 0.6 is 11.8 Å². The Labute approximate surface area is 133 Å². The van der Waals surface area contributed by atoms with Crippen molar-refractivity contribution >= 4 is 23.7 Å². The van der Waals surface area contributed by atoms with Crippen molar-refractivity contribution in [1.82, 2.24) is 4.84 Å². The molecule has 1 saturated carbocycles. The smallest absolute Gasteiger partial charge is 0.322 e. The van der Waals surface area contributed by atoms with Crippen LogP contribution in [0.1, 0.15) is 12.0 Å². The Hall–Kier alpha value is -1.63. The van der Waals surface area contributed by atoms with Crippen LogP contribution in [0.5, 0.6) is 0 Å². The summed E-state index contributed by atoms with van der Waals surface area (Å²) in [6.45, 7) is 0.834. The molecule has 3 N–H and O–H groups in total. The normalized spacial score (nSPS) is 24.7. The second-order valence-corrected chi connectivity index (χ2v) is 5.58. The fraction of sp³-hybridized carbons (Fsp3) is 0.467. The van der Waals surface area contributed by atoms with E-state index in [-0.39, 0.29) is 5.92 Å². The first kappa shape index (κ1) is 16.7. The summed E-state index contributed by atoms with van der Waals surface area (Å²) in [7, 11) is 0. The van der Waals surface area contributed by atoms with E-state index in [1.165, 1.54) is 0 Å². The Bertz CT molecular complexity index is 524. The van der Waals surface area contributed by atoms with E-state index in [9.17, 15) is 9.59 Å². The molecule has 1 aliphatic carbocycles. The molecule has 0 aliphatic heterocycles. The van der Waals surface area contributed by atoms with Crippen LogP contribution in [0.4, 0.5) is 0 Å². The Balaban J connectivity index is 1.81. The van der Waals surface area contributed by atoms with Gasteiger partial charge in [0.15, 0.2) is 0 Å². The predicted octanol–water partition coefficient (Wildman–Crippen LogP) is 1.74. The molecule has 4 atom stereocenters. The summed E-state index contributed by atoms with van der Waals surface area (Å²) in [5.41, 5.74) is 1.04. The molecular weight excluding hydrogens is 310 g/mol. The van der Waals surface area contributed by atoms with E-state index in [0.717, 1.165) is 5.56 Å². The van der Waals surface area contributed by atoms with Crippen molar-refractivity contribution in [2.45, 2.75) is 19.1 Å². The molecule has 7 heteroatoms. The van der Waals surface area contributed by atoms with E-state index < -0.39 is 29.8 Å². The van der Waals surface area contributed by atoms with Crippen molar-refractivity contribution in [1.29, 1.82) is 0 Å². The Kier molecular flexibility index (Phi) is 5.76. The lowest BCUT2D eigenvalue weighted by Gasteiger charge is -2.09. The maximum atomic E-state index is 11.2. The molecule has 0 radical (unpaired) electrons. The highest BCUT2D eigenvalue weighted by molar-refractivity contribution is 6.15. The zero-order valence-electron chi connectivity index (χ0n) is 11.8. The number of hydrogen-bond acceptors (Lipinski definition) is 4. The van der Waals surface area contributed by atoms with E-state index in [2.05, 4.69) is 4.84 Å². The zero-order chi connectivity index (χ0) is 16.1. The standard InChI is InChI=1S/C15H18ClNO5/c16-17-13(15(20)21)11-10(12(11)14(18)19)6-7-22-8-9-4-2-1-3-5-9/h1-5,10-13,17H,6-8H2,(H,18,19)(H,20,21)/t10-,11+,12+,13-/m1/s1. The highest BCUT2D eigenvalue weighted by atomic mass is 35.5. The van der Waals surface area contributed by atoms with Gasteiger partial charge in [-0.25, -0.2) is 4.84 Å². The first-order chi connectivity index (χ1) is 10.6. The first-order valence-electron chi connectivity index (χ1n) is 6.99. The highest BCUT2D eigenvalue weighted by Crippen LogP contribution is 2.51. The molecule has 1 aromatic rings. The molecule has 0 aromatic heterocycles. The zero-order valence-corrected chi connectivity index (χ0v) is 12.6. The minimum atomic E-state index is -1.14. The summed E-state index contributed by atoms with van der Waals surface area (Å²) < 4.78 is 5.53. The molecule has 2 rings (SSSR count). The van der Waals surface area contributed by atoms with Crippen molar-refractivity contribution in [2.24, 2.45) is 17.8 Å². The number of ether oxygens (including phenoxy) is 1. The molecule has 0 unspecified atom stereocenters. The average Bonchev–Trinajstić information content (AvgIpc) is 3.19. The second kappa shape index (κ2) is 7.58. The number of benzene rings is 1. The van der Waals surface area contributed by atoms with Crippen molar-refractivity contribution in [2.75, 3.05) is 6.61 Å². The van der Waals surface area contributed by atoms with Crippen LogP contribution in [0, 0.1) is 17.8 Å². The minimum absolute atomic E-state index is 0.236. The van der Waals surface area contributed by atoms with Crippen molar-refractivity contribution in [3.8, 4) is 0 Å². The molecular formula is C15H18ClNO5. The molecule has 6 nitrogen and oxygen atoms in total. The molecule has 120 valence electrons. The summed E-state index contributed by atoms with van der Waals surface area (Å²) in [6, 6.07) is 8.58. The van der Waals surface area contributed by atoms with Gasteiger partial charge in [0, 0.05) is 12.5 Å². The monoisotopic (exact) mass is 327 g/mol. The van der Waals surface area contributed by atoms with Gasteiger partial charge in [0.05, 0.1) is 12.5 Å². The Morgan fingerprint density at radius 2 is 1.95 bits per heavy atom. The van der Waals surface area contributed by atoms with Gasteiger partial charge in [-0.15, -0.1) is 0 Å². The SMILES string of the molecule is O=C(O)[C@H]1[C@H](CCOCc2ccccc2)[C@@H]1[C@@H](NCl)C(=O)O. The molecule has 1 aromatic carbocycles. The summed E-state index contributed by atoms with van der Waals surface area (Å²) in [5, 5.41) is 18.2. The van der Waals surface area contributed by atoms with Crippen LogP contribution in [0.2, 0.25) is 0 Å². The molecule has 0 amide bonds. The maximum absolute atomic E-state index is 11.2. The fourth-order valence-electron chi connectivity index (χ4n) is 2.84. The number of carboxylic acids is 2. The molecule has 0 heterocycles. The van der Waals surface area contributed by atoms with Crippen molar-refractivity contribution in [3.05, 3.63) is 35.9 Å². The van der Waals surface area contributed by atoms with Gasteiger partial charge in [-0.05, 0) is 29.7 Å². The van der Waals surface area contributed by atoms with Crippen LogP contribution in [0.15, 0.2) is 30.3 Å². The molecule has 1 fully saturated rings. The van der Waals surface area contributed by atoms with Crippen LogP contribution in [-0.4, -0.2) is 34.8 Å². The number of rotatable bonds is 9. The topological polar surface area (TPSA) is 95.9 Å². The van der Waals surface area contributed by atoms with Crippen molar-refractivity contribution in [3.63, 3.8) is 0 Å². The minimum Gasteiger partial charge on any atom is -0.481 e. The molecule has 0 bridgehead atoms. The van der Waals surface area contributed by atoms with Crippen LogP contribution in [0.3, 0.4) is 0 Å². The molecule has 0 saturated heterocycles. The third-order valence-electron chi connectivity index (χ3n) is 3.99. The highest BCUT2D eigenvalue weighted by Gasteiger charge is 2.59. The van der Waals surface area contributed by atoms with Gasteiger partial charge in [-0.2, -0.15) is 0 Å². The van der Waals surface area contributed by atoms with Gasteiger partial charge in [-0.3, -0.25) is 9.59 Å². The van der Waals surface area contributed by atoms with E-state index in [4.69, 9.17) is 26.7 Å². The fourth-order valence-corrected chi connectivity index (χ4v) is 3.08. The average molecular weight is 328 g/mol. The first-order valence-corrected chi connectivity index (χ1v) is 7.37. The lowest BCUT2D eigenvalue weighted by molar-refractivity contribution is -0.140. The molecule has 1 aliphatic rings. The number of aliphatic carboxylic acids is 2. The van der Waals surface area contributed by atoms with Crippen LogP contribution < -0.4 is 4.84 Å².